The number of phosphoric ester groups is 2. The van der Waals surface area contributed by atoms with Gasteiger partial charge in [0.05, 0.1) is 26.4 Å². The van der Waals surface area contributed by atoms with E-state index < -0.39 is 97.5 Å². The smallest absolute Gasteiger partial charge is 0.462 e. The molecule has 0 amide bonds. The summed E-state index contributed by atoms with van der Waals surface area (Å²) in [6.07, 6.45) is 94.7. The van der Waals surface area contributed by atoms with Crippen molar-refractivity contribution in [2.75, 3.05) is 39.6 Å². The summed E-state index contributed by atoms with van der Waals surface area (Å²) in [7, 11) is -10.0. The predicted molar refractivity (Wildman–Crippen MR) is 445 cm³/mol. The van der Waals surface area contributed by atoms with Gasteiger partial charge in [-0.2, -0.15) is 0 Å². The first kappa shape index (κ1) is 102. The maximum absolute atomic E-state index is 13.1. The fraction of sp³-hybridized carbons (Fsp3) is 0.640. The van der Waals surface area contributed by atoms with E-state index in [1.165, 1.54) is 64.2 Å². The Kier molecular flexibility index (Phi) is 75.4. The van der Waals surface area contributed by atoms with Crippen LogP contribution in [-0.2, 0) is 65.4 Å². The number of carbonyl (C=O) groups is 4. The Labute approximate surface area is 654 Å². The number of ether oxygens (including phenoxy) is 4. The summed E-state index contributed by atoms with van der Waals surface area (Å²) in [4.78, 5) is 73.1. The number of rotatable bonds is 76. The molecule has 19 heteroatoms. The van der Waals surface area contributed by atoms with Crippen molar-refractivity contribution in [2.45, 2.75) is 329 Å². The maximum Gasteiger partial charge on any atom is 0.472 e. The number of aliphatic hydroxyl groups is 1. The fourth-order valence-electron chi connectivity index (χ4n) is 10.5. The van der Waals surface area contributed by atoms with Crippen LogP contribution >= 0.6 is 15.6 Å². The standard InChI is InChI=1S/C89H146O17P2/c1-5-9-13-17-21-25-29-33-37-39-41-43-47-49-53-57-61-65-69-73-86(91)99-79-84(105-88(93)75-71-67-63-59-55-51-45-35-31-27-23-19-15-11-7-3)81-103-107(95,96)101-77-83(90)78-102-108(97,98)104-82-85(106-89(94)76-72-68-64-60-56-52-46-36-32-28-24-20-16-12-8-4)80-100-87(92)74-70-66-62-58-54-50-48-44-42-40-38-34-30-26-22-18-14-10-6-2/h9-11,13-15,21-23,25-27,33-35,37-38,41-45,49-50,53-55,59,83-85,90H,5-8,12,16-20,24,28-32,36,39-40,46-48,51-52,56-58,60-82H2,1-4H3,(H,95,96)(H,97,98)/b13-9-,14-10-,15-11-,25-21-,26-22-,27-23-,37-33-,38-34-,43-41-,44-42-,45-35-,53-49-,54-50-,59-55-. The highest BCUT2D eigenvalue weighted by molar-refractivity contribution is 7.47. The molecule has 5 atom stereocenters. The van der Waals surface area contributed by atoms with Crippen LogP contribution in [0.3, 0.4) is 0 Å². The molecular formula is C89H146O17P2. The highest BCUT2D eigenvalue weighted by Crippen LogP contribution is 2.45. The minimum absolute atomic E-state index is 0.0287. The number of allylic oxidation sites excluding steroid dienone is 28. The van der Waals surface area contributed by atoms with E-state index in [0.29, 0.717) is 32.1 Å². The number of phosphoric acid groups is 2. The SMILES string of the molecule is CC/C=C\C/C=C\C/C=C\C/C=C\C/C=C\CCCCCC(=O)OCC(COP(=O)(O)OCC(O)COP(=O)(O)OCC(COC(=O)CCCCC/C=C\C/C=C\C/C=C\C/C=C\C/C=C\CC)OC(=O)CCCCCCCCCCCCCCCCC)OC(=O)CCCC/C=C\C/C=C\C/C=C\C/C=C\CC. The molecule has 0 aliphatic heterocycles. The van der Waals surface area contributed by atoms with Crippen molar-refractivity contribution in [3.05, 3.63) is 170 Å². The van der Waals surface area contributed by atoms with Gasteiger partial charge in [0.15, 0.2) is 12.2 Å². The molecule has 5 unspecified atom stereocenters. The van der Waals surface area contributed by atoms with E-state index in [-0.39, 0.29) is 25.7 Å². The van der Waals surface area contributed by atoms with Gasteiger partial charge in [-0.05, 0) is 154 Å². The molecule has 0 rings (SSSR count). The van der Waals surface area contributed by atoms with Crippen molar-refractivity contribution in [2.24, 2.45) is 0 Å². The average molecular weight is 1550 g/mol. The van der Waals surface area contributed by atoms with Gasteiger partial charge in [-0.15, -0.1) is 0 Å². The van der Waals surface area contributed by atoms with Crippen molar-refractivity contribution in [1.29, 1.82) is 0 Å². The Bertz CT molecular complexity index is 2710. The van der Waals surface area contributed by atoms with Gasteiger partial charge in [0, 0.05) is 25.7 Å². The molecule has 0 radical (unpaired) electrons. The summed E-state index contributed by atoms with van der Waals surface area (Å²) in [6.45, 7) is 4.42. The third-order valence-electron chi connectivity index (χ3n) is 16.7. The number of hydrogen-bond acceptors (Lipinski definition) is 15. The third-order valence-corrected chi connectivity index (χ3v) is 18.6. The van der Waals surface area contributed by atoms with Crippen molar-refractivity contribution in [1.82, 2.24) is 0 Å². The second-order valence-electron chi connectivity index (χ2n) is 26.9. The third kappa shape index (κ3) is 78.5. The van der Waals surface area contributed by atoms with E-state index >= 15 is 0 Å². The van der Waals surface area contributed by atoms with E-state index in [0.717, 1.165) is 161 Å². The van der Waals surface area contributed by atoms with E-state index in [2.05, 4.69) is 198 Å². The van der Waals surface area contributed by atoms with E-state index in [4.69, 9.17) is 37.0 Å². The molecule has 0 bridgehead atoms. The Morgan fingerprint density at radius 2 is 0.481 bits per heavy atom. The van der Waals surface area contributed by atoms with Crippen LogP contribution in [0.5, 0.6) is 0 Å². The summed E-state index contributed by atoms with van der Waals surface area (Å²) < 4.78 is 68.6. The summed E-state index contributed by atoms with van der Waals surface area (Å²) in [6, 6.07) is 0. The van der Waals surface area contributed by atoms with Crippen LogP contribution in [0.2, 0.25) is 0 Å². The van der Waals surface area contributed by atoms with Crippen molar-refractivity contribution >= 4 is 39.5 Å². The van der Waals surface area contributed by atoms with Crippen LogP contribution in [0.4, 0.5) is 0 Å². The first-order chi connectivity index (χ1) is 52.7. The van der Waals surface area contributed by atoms with E-state index in [1.807, 2.05) is 0 Å². The van der Waals surface area contributed by atoms with Gasteiger partial charge in [-0.3, -0.25) is 37.3 Å². The first-order valence-electron chi connectivity index (χ1n) is 41.4. The van der Waals surface area contributed by atoms with Gasteiger partial charge in [0.2, 0.25) is 0 Å². The lowest BCUT2D eigenvalue weighted by molar-refractivity contribution is -0.161. The molecule has 0 saturated carbocycles. The molecule has 0 aromatic rings. The lowest BCUT2D eigenvalue weighted by atomic mass is 10.0. The number of esters is 4. The molecule has 0 heterocycles. The van der Waals surface area contributed by atoms with Crippen molar-refractivity contribution in [3.8, 4) is 0 Å². The molecule has 108 heavy (non-hydrogen) atoms. The van der Waals surface area contributed by atoms with Crippen LogP contribution in [0, 0.1) is 0 Å². The molecule has 0 fully saturated rings. The fourth-order valence-corrected chi connectivity index (χ4v) is 12.1. The lowest BCUT2D eigenvalue weighted by Crippen LogP contribution is -2.30. The van der Waals surface area contributed by atoms with E-state index in [9.17, 15) is 43.2 Å². The van der Waals surface area contributed by atoms with Crippen LogP contribution in [-0.4, -0.2) is 96.7 Å². The molecule has 614 valence electrons. The second-order valence-corrected chi connectivity index (χ2v) is 29.8. The number of hydrogen-bond donors (Lipinski definition) is 3. The molecule has 0 aliphatic rings. The Hall–Kier alpha value is -5.58. The number of aliphatic hydroxyl groups excluding tert-OH is 1. The average Bonchev–Trinajstić information content (AvgIpc) is 0.923. The molecule has 17 nitrogen and oxygen atoms in total. The van der Waals surface area contributed by atoms with Gasteiger partial charge in [0.1, 0.15) is 19.3 Å². The lowest BCUT2D eigenvalue weighted by Gasteiger charge is -2.21. The van der Waals surface area contributed by atoms with Crippen molar-refractivity contribution in [3.63, 3.8) is 0 Å². The topological polar surface area (TPSA) is 237 Å². The van der Waals surface area contributed by atoms with Gasteiger partial charge in [0.25, 0.3) is 0 Å². The summed E-state index contributed by atoms with van der Waals surface area (Å²) in [5, 5.41) is 10.7. The summed E-state index contributed by atoms with van der Waals surface area (Å²) >= 11 is 0. The Morgan fingerprint density at radius 1 is 0.269 bits per heavy atom. The Balaban J connectivity index is 5.47. The highest BCUT2D eigenvalue weighted by atomic mass is 31.2. The minimum Gasteiger partial charge on any atom is -0.462 e. The number of unbranched alkanes of at least 4 members (excludes halogenated alkanes) is 22. The summed E-state index contributed by atoms with van der Waals surface area (Å²) in [5.74, 6) is -2.30. The monoisotopic (exact) mass is 1550 g/mol. The van der Waals surface area contributed by atoms with Crippen LogP contribution in [0.15, 0.2) is 170 Å². The molecule has 0 spiro atoms. The van der Waals surface area contributed by atoms with Gasteiger partial charge < -0.3 is 33.8 Å². The van der Waals surface area contributed by atoms with Gasteiger partial charge >= 0.3 is 39.5 Å². The second kappa shape index (κ2) is 79.5. The summed E-state index contributed by atoms with van der Waals surface area (Å²) in [5.41, 5.74) is 0. The molecular weight excluding hydrogens is 1400 g/mol. The largest absolute Gasteiger partial charge is 0.472 e. The van der Waals surface area contributed by atoms with Gasteiger partial charge in [-0.25, -0.2) is 9.13 Å². The maximum atomic E-state index is 13.1. The normalized spacial score (nSPS) is 14.7. The highest BCUT2D eigenvalue weighted by Gasteiger charge is 2.30. The van der Waals surface area contributed by atoms with Crippen LogP contribution < -0.4 is 0 Å². The zero-order chi connectivity index (χ0) is 78.9. The van der Waals surface area contributed by atoms with Crippen LogP contribution in [0.1, 0.15) is 310 Å². The molecule has 0 aromatic heterocycles. The molecule has 3 N–H and O–H groups in total. The molecule has 0 saturated heterocycles. The zero-order valence-corrected chi connectivity index (χ0v) is 69.0. The zero-order valence-electron chi connectivity index (χ0n) is 67.2. The Morgan fingerprint density at radius 3 is 0.759 bits per heavy atom. The van der Waals surface area contributed by atoms with E-state index in [1.54, 1.807) is 0 Å². The van der Waals surface area contributed by atoms with Crippen LogP contribution in [0.25, 0.3) is 0 Å². The molecule has 0 aromatic carbocycles. The number of carbonyl (C=O) groups excluding carboxylic acids is 4. The van der Waals surface area contributed by atoms with Crippen molar-refractivity contribution < 1.29 is 80.2 Å². The first-order valence-corrected chi connectivity index (χ1v) is 44.4. The quantitative estimate of drug-likeness (QED) is 0.0169. The molecule has 0 aliphatic carbocycles. The minimum atomic E-state index is -5.01. The van der Waals surface area contributed by atoms with Gasteiger partial charge in [-0.1, -0.05) is 301 Å². The predicted octanol–water partition coefficient (Wildman–Crippen LogP) is 24.6.